The topological polar surface area (TPSA) is 204 Å². The third kappa shape index (κ3) is 9.77. The van der Waals surface area contributed by atoms with Crippen LogP contribution in [0.5, 0.6) is 17.4 Å². The number of carbonyl (C=O) groups excluding carboxylic acids is 4. The van der Waals surface area contributed by atoms with E-state index in [0.717, 1.165) is 18.1 Å². The molecule has 354 valence electrons. The zero-order chi connectivity index (χ0) is 47.4. The summed E-state index contributed by atoms with van der Waals surface area (Å²) >= 11 is 0. The Morgan fingerprint density at radius 3 is 2.25 bits per heavy atom. The van der Waals surface area contributed by atoms with Crippen molar-refractivity contribution >= 4 is 44.9 Å². The van der Waals surface area contributed by atoms with E-state index in [0.29, 0.717) is 46.0 Å². The third-order valence-corrected chi connectivity index (χ3v) is 14.7. The molecule has 2 aromatic rings. The van der Waals surface area contributed by atoms with Crippen LogP contribution in [0.4, 0.5) is 31.1 Å². The molecule has 2 aliphatic heterocycles. The van der Waals surface area contributed by atoms with Gasteiger partial charge >= 0.3 is 18.4 Å². The van der Waals surface area contributed by atoms with Gasteiger partial charge in [-0.2, -0.15) is 26.3 Å². The second kappa shape index (κ2) is 17.4. The van der Waals surface area contributed by atoms with E-state index < -0.39 is 110 Å². The minimum atomic E-state index is -4.98. The van der Waals surface area contributed by atoms with Crippen LogP contribution in [0.15, 0.2) is 24.3 Å². The number of methoxy groups -OCH3 is 2. The second-order valence-electron chi connectivity index (χ2n) is 17.7. The van der Waals surface area contributed by atoms with Gasteiger partial charge in [0.05, 0.1) is 36.5 Å². The summed E-state index contributed by atoms with van der Waals surface area (Å²) in [6.07, 6.45) is -7.09. The van der Waals surface area contributed by atoms with Gasteiger partial charge in [-0.15, -0.1) is 0 Å². The Balaban J connectivity index is 1.39. The summed E-state index contributed by atoms with van der Waals surface area (Å²) in [7, 11) is -1.97. The third-order valence-electron chi connectivity index (χ3n) is 12.6. The molecule has 23 heteroatoms. The Morgan fingerprint density at radius 2 is 1.66 bits per heavy atom. The molecule has 2 aliphatic carbocycles. The van der Waals surface area contributed by atoms with E-state index in [1.54, 1.807) is 13.0 Å². The molecule has 16 nitrogen and oxygen atoms in total. The number of hydrogen-bond acceptors (Lipinski definition) is 12. The van der Waals surface area contributed by atoms with Gasteiger partial charge in [0, 0.05) is 24.5 Å². The lowest BCUT2D eigenvalue weighted by molar-refractivity contribution is -0.244. The maximum absolute atomic E-state index is 15.0. The lowest BCUT2D eigenvalue weighted by Gasteiger charge is -2.35. The summed E-state index contributed by atoms with van der Waals surface area (Å²) < 4.78 is 132. The van der Waals surface area contributed by atoms with E-state index in [4.69, 9.17) is 18.9 Å². The number of fused-ring (bicyclic) bond motifs is 3. The molecule has 3 fully saturated rings. The zero-order valence-corrected chi connectivity index (χ0v) is 37.1. The van der Waals surface area contributed by atoms with Crippen molar-refractivity contribution in [2.45, 2.75) is 132 Å². The fourth-order valence-electron chi connectivity index (χ4n) is 8.07. The van der Waals surface area contributed by atoms with Crippen molar-refractivity contribution in [3.8, 4) is 17.4 Å². The molecule has 4 aliphatic rings. The standard InChI is InChI=1S/C41H52F6N6O10S/c1-8-22-15-21(2)11-9-10-12-23-19-39(23,35(56)52-64(58,59)38(5)13-14-38)51-32(54)27-16-24(20-53(27)34(55)30(22)50-36(57)63-37(3,4)41(45,46)47)62-29-18-26-25(17-28(29)60-6)48-31(40(42,43)44)33(49-26)61-7/h10,12,17-18,21-24,27,30H,8-9,11,13-16,19-20H2,1-7H3,(H,50,57)(H,51,54)(H,52,56). The van der Waals surface area contributed by atoms with Crippen LogP contribution in [0.3, 0.4) is 0 Å². The summed E-state index contributed by atoms with van der Waals surface area (Å²) in [4.78, 5) is 65.5. The second-order valence-corrected chi connectivity index (χ2v) is 19.9. The zero-order valence-electron chi connectivity index (χ0n) is 36.2. The van der Waals surface area contributed by atoms with E-state index >= 15 is 0 Å². The number of hydrogen-bond donors (Lipinski definition) is 3. The fourth-order valence-corrected chi connectivity index (χ4v) is 9.38. The molecule has 0 spiro atoms. The number of carbonyl (C=O) groups is 4. The van der Waals surface area contributed by atoms with Crippen LogP contribution in [0, 0.1) is 17.8 Å². The average molecular weight is 935 g/mol. The molecule has 7 unspecified atom stereocenters. The van der Waals surface area contributed by atoms with Gasteiger partial charge in [-0.1, -0.05) is 32.4 Å². The maximum Gasteiger partial charge on any atom is 0.438 e. The summed E-state index contributed by atoms with van der Waals surface area (Å²) in [5, 5.41) is 5.08. The van der Waals surface area contributed by atoms with Gasteiger partial charge < -0.3 is 34.5 Å². The molecule has 64 heavy (non-hydrogen) atoms. The van der Waals surface area contributed by atoms with E-state index in [9.17, 15) is 53.9 Å². The summed E-state index contributed by atoms with van der Waals surface area (Å²) in [5.41, 5.74) is -6.46. The van der Waals surface area contributed by atoms with E-state index in [2.05, 4.69) is 25.3 Å². The molecule has 1 aromatic heterocycles. The van der Waals surface area contributed by atoms with Crippen molar-refractivity contribution in [2.75, 3.05) is 20.8 Å². The Labute approximate surface area is 365 Å². The predicted octanol–water partition coefficient (Wildman–Crippen LogP) is 5.73. The minimum absolute atomic E-state index is 0.0151. The first kappa shape index (κ1) is 48.4. The summed E-state index contributed by atoms with van der Waals surface area (Å²) in [6, 6.07) is -0.675. The smallest absolute Gasteiger partial charge is 0.438 e. The number of allylic oxidation sites excluding steroid dienone is 1. The summed E-state index contributed by atoms with van der Waals surface area (Å²) in [6.45, 7) is 6.00. The number of nitrogens with one attached hydrogen (secondary N) is 3. The van der Waals surface area contributed by atoms with Crippen molar-refractivity contribution < 1.29 is 72.9 Å². The molecular weight excluding hydrogens is 883 g/mol. The van der Waals surface area contributed by atoms with Gasteiger partial charge in [0.1, 0.15) is 23.7 Å². The minimum Gasteiger partial charge on any atom is -0.493 e. The van der Waals surface area contributed by atoms with Crippen LogP contribution in [0.25, 0.3) is 11.0 Å². The van der Waals surface area contributed by atoms with Crippen LogP contribution in [-0.4, -0.2) is 108 Å². The SMILES string of the molecule is CCC1CC(C)CCC=CC2CC2(C(=O)NS(=O)(=O)C2(C)CC2)NC(=O)C2CC(Oc3cc4nc(OC)c(C(F)(F)F)nc4cc3OC)CN2C(=O)C1NC(=O)OC(C)(C)C(F)(F)F. The number of alkyl carbamates (subject to hydrolysis) is 1. The molecular formula is C41H52F6N6O10S. The van der Waals surface area contributed by atoms with E-state index in [1.807, 2.05) is 13.0 Å². The van der Waals surface area contributed by atoms with Crippen LogP contribution < -0.4 is 29.6 Å². The number of amides is 4. The Hall–Kier alpha value is -5.09. The molecule has 6 rings (SSSR count). The van der Waals surface area contributed by atoms with E-state index in [1.165, 1.54) is 20.1 Å². The number of benzene rings is 1. The molecule has 1 aromatic carbocycles. The highest BCUT2D eigenvalue weighted by molar-refractivity contribution is 7.91. The largest absolute Gasteiger partial charge is 0.493 e. The Bertz CT molecular complexity index is 2310. The number of aromatic nitrogens is 2. The molecule has 4 amide bonds. The van der Waals surface area contributed by atoms with Gasteiger partial charge in [0.2, 0.25) is 39.0 Å². The van der Waals surface area contributed by atoms with Crippen LogP contribution in [0.1, 0.15) is 91.7 Å². The van der Waals surface area contributed by atoms with Crippen molar-refractivity contribution in [3.05, 3.63) is 30.0 Å². The maximum atomic E-state index is 15.0. The van der Waals surface area contributed by atoms with Crippen molar-refractivity contribution in [1.29, 1.82) is 0 Å². The van der Waals surface area contributed by atoms with Crippen LogP contribution >= 0.6 is 0 Å². The van der Waals surface area contributed by atoms with Crippen molar-refractivity contribution in [2.24, 2.45) is 17.8 Å². The Kier molecular flexibility index (Phi) is 13.1. The normalized spacial score (nSPS) is 27.5. The molecule has 3 heterocycles. The van der Waals surface area contributed by atoms with Gasteiger partial charge in [0.25, 0.3) is 5.91 Å². The highest BCUT2D eigenvalue weighted by atomic mass is 32.2. The van der Waals surface area contributed by atoms with E-state index in [-0.39, 0.29) is 47.7 Å². The fraction of sp³-hybridized carbons (Fsp3) is 0.659. The van der Waals surface area contributed by atoms with Crippen LogP contribution in [-0.2, 0) is 35.3 Å². The number of sulfonamides is 1. The lowest BCUT2D eigenvalue weighted by atomic mass is 9.85. The molecule has 0 radical (unpaired) electrons. The molecule has 2 saturated carbocycles. The van der Waals surface area contributed by atoms with Gasteiger partial charge in [-0.25, -0.2) is 23.2 Å². The highest BCUT2D eigenvalue weighted by Gasteiger charge is 2.63. The monoisotopic (exact) mass is 934 g/mol. The number of halogens is 6. The predicted molar refractivity (Wildman–Crippen MR) is 215 cm³/mol. The number of rotatable bonds is 10. The number of nitrogens with zero attached hydrogens (tertiary/aromatic N) is 3. The van der Waals surface area contributed by atoms with Crippen LogP contribution in [0.2, 0.25) is 0 Å². The van der Waals surface area contributed by atoms with Crippen molar-refractivity contribution in [3.63, 3.8) is 0 Å². The quantitative estimate of drug-likeness (QED) is 0.193. The summed E-state index contributed by atoms with van der Waals surface area (Å²) in [5.74, 6) is -5.26. The van der Waals surface area contributed by atoms with Crippen molar-refractivity contribution in [1.82, 2.24) is 30.2 Å². The lowest BCUT2D eigenvalue weighted by Crippen LogP contribution is -2.60. The molecule has 3 N–H and O–H groups in total. The molecule has 0 bridgehead atoms. The van der Waals surface area contributed by atoms with Gasteiger partial charge in [-0.3, -0.25) is 19.1 Å². The number of ether oxygens (including phenoxy) is 4. The van der Waals surface area contributed by atoms with Gasteiger partial charge in [-0.05, 0) is 71.1 Å². The first-order chi connectivity index (χ1) is 29.7. The van der Waals surface area contributed by atoms with Gasteiger partial charge in [0.15, 0.2) is 11.5 Å². The molecule has 1 saturated heterocycles. The first-order valence-electron chi connectivity index (χ1n) is 20.8. The Morgan fingerprint density at radius 1 is 1.00 bits per heavy atom. The average Bonchev–Trinajstić information content (AvgIpc) is 4.08. The number of alkyl halides is 6. The molecule has 7 atom stereocenters. The first-order valence-corrected chi connectivity index (χ1v) is 22.3. The highest BCUT2D eigenvalue weighted by Crippen LogP contribution is 2.48.